The van der Waals surface area contributed by atoms with Crippen molar-refractivity contribution in [2.45, 2.75) is 11.4 Å². The SMILES string of the molecule is COc1ccc(-c2csc(NC(=O)CCSc3nc(-c4ccccc4)cc(-c4cc(OC)ccc4OC)c3C#N)n2)cc1. The van der Waals surface area contributed by atoms with Crippen LogP contribution in [0.3, 0.4) is 0 Å². The van der Waals surface area contributed by atoms with Gasteiger partial charge >= 0.3 is 0 Å². The molecule has 0 aliphatic heterocycles. The summed E-state index contributed by atoms with van der Waals surface area (Å²) in [6, 6.07) is 27.1. The Labute approximate surface area is 258 Å². The summed E-state index contributed by atoms with van der Waals surface area (Å²) in [6.45, 7) is 0. The standard InChI is InChI=1S/C33H28N4O4S2/c1-39-23-11-9-22(10-12-23)29-20-43-33(36-29)37-31(38)15-16-42-32-27(19-34)25(18-28(35-32)21-7-5-4-6-8-21)26-17-24(40-2)13-14-30(26)41-3/h4-14,17-18,20H,15-16H2,1-3H3,(H,36,37,38). The molecule has 0 saturated carbocycles. The highest BCUT2D eigenvalue weighted by atomic mass is 32.2. The van der Waals surface area contributed by atoms with E-state index in [4.69, 9.17) is 19.2 Å². The number of rotatable bonds is 11. The predicted octanol–water partition coefficient (Wildman–Crippen LogP) is 7.56. The van der Waals surface area contributed by atoms with Gasteiger partial charge in [-0.15, -0.1) is 23.1 Å². The lowest BCUT2D eigenvalue weighted by atomic mass is 9.98. The summed E-state index contributed by atoms with van der Waals surface area (Å²) < 4.78 is 16.3. The Morgan fingerprint density at radius 1 is 0.860 bits per heavy atom. The molecule has 5 aromatic rings. The normalized spacial score (nSPS) is 10.6. The summed E-state index contributed by atoms with van der Waals surface area (Å²) in [6.07, 6.45) is 0.210. The van der Waals surface area contributed by atoms with Crippen molar-refractivity contribution in [1.29, 1.82) is 5.26 Å². The molecule has 3 aromatic carbocycles. The van der Waals surface area contributed by atoms with Crippen LogP contribution in [-0.2, 0) is 4.79 Å². The molecule has 0 unspecified atom stereocenters. The van der Waals surface area contributed by atoms with Crippen LogP contribution in [0.4, 0.5) is 5.13 Å². The number of carbonyl (C=O) groups is 1. The maximum absolute atomic E-state index is 12.8. The van der Waals surface area contributed by atoms with Crippen LogP contribution < -0.4 is 19.5 Å². The first kappa shape index (κ1) is 29.6. The van der Waals surface area contributed by atoms with Crippen LogP contribution in [0.1, 0.15) is 12.0 Å². The number of benzene rings is 3. The smallest absolute Gasteiger partial charge is 0.226 e. The van der Waals surface area contributed by atoms with Crippen LogP contribution in [0, 0.1) is 11.3 Å². The van der Waals surface area contributed by atoms with E-state index >= 15 is 0 Å². The Hall–Kier alpha value is -4.85. The Bertz CT molecular complexity index is 1770. The molecule has 0 bridgehead atoms. The van der Waals surface area contributed by atoms with Crippen molar-refractivity contribution in [3.63, 3.8) is 0 Å². The molecule has 10 heteroatoms. The number of amides is 1. The average molecular weight is 609 g/mol. The van der Waals surface area contributed by atoms with E-state index in [0.717, 1.165) is 22.6 Å². The van der Waals surface area contributed by atoms with Crippen molar-refractivity contribution in [3.05, 3.63) is 89.8 Å². The van der Waals surface area contributed by atoms with Crippen molar-refractivity contribution in [1.82, 2.24) is 9.97 Å². The number of nitrogens with one attached hydrogen (secondary N) is 1. The van der Waals surface area contributed by atoms with Gasteiger partial charge in [0.2, 0.25) is 5.91 Å². The van der Waals surface area contributed by atoms with E-state index in [2.05, 4.69) is 16.4 Å². The minimum atomic E-state index is -0.171. The van der Waals surface area contributed by atoms with E-state index < -0.39 is 0 Å². The highest BCUT2D eigenvalue weighted by Crippen LogP contribution is 2.40. The van der Waals surface area contributed by atoms with E-state index in [9.17, 15) is 10.1 Å². The number of hydrogen-bond acceptors (Lipinski definition) is 9. The van der Waals surface area contributed by atoms with Gasteiger partial charge in [-0.1, -0.05) is 30.3 Å². The molecular weight excluding hydrogens is 581 g/mol. The first-order valence-electron chi connectivity index (χ1n) is 13.3. The van der Waals surface area contributed by atoms with Gasteiger partial charge in [-0.3, -0.25) is 4.79 Å². The second-order valence-electron chi connectivity index (χ2n) is 9.19. The summed E-state index contributed by atoms with van der Waals surface area (Å²) in [4.78, 5) is 22.2. The Morgan fingerprint density at radius 2 is 1.58 bits per heavy atom. The van der Waals surface area contributed by atoms with Gasteiger partial charge in [-0.25, -0.2) is 9.97 Å². The highest BCUT2D eigenvalue weighted by molar-refractivity contribution is 7.99. The number of carbonyl (C=O) groups excluding carboxylic acids is 1. The third-order valence-corrected chi connectivity index (χ3v) is 8.30. The van der Waals surface area contributed by atoms with Crippen molar-refractivity contribution >= 4 is 34.1 Å². The van der Waals surface area contributed by atoms with Crippen LogP contribution >= 0.6 is 23.1 Å². The third-order valence-electron chi connectivity index (χ3n) is 6.57. The molecule has 0 spiro atoms. The molecule has 0 fully saturated rings. The molecule has 0 saturated heterocycles. The molecule has 2 aromatic heterocycles. The van der Waals surface area contributed by atoms with Crippen LogP contribution in [0.15, 0.2) is 89.3 Å². The van der Waals surface area contributed by atoms with Gasteiger partial charge < -0.3 is 19.5 Å². The fourth-order valence-corrected chi connectivity index (χ4v) is 6.06. The van der Waals surface area contributed by atoms with Crippen molar-refractivity contribution in [2.24, 2.45) is 0 Å². The molecule has 0 radical (unpaired) electrons. The minimum Gasteiger partial charge on any atom is -0.497 e. The fourth-order valence-electron chi connectivity index (χ4n) is 4.38. The Morgan fingerprint density at radius 3 is 2.28 bits per heavy atom. The summed E-state index contributed by atoms with van der Waals surface area (Å²) >= 11 is 2.73. The zero-order valence-electron chi connectivity index (χ0n) is 23.8. The molecular formula is C33H28N4O4S2. The molecule has 5 rings (SSSR count). The van der Waals surface area contributed by atoms with Gasteiger partial charge in [0.25, 0.3) is 0 Å². The number of ether oxygens (including phenoxy) is 3. The van der Waals surface area contributed by atoms with Gasteiger partial charge in [-0.05, 0) is 48.5 Å². The number of thioether (sulfide) groups is 1. The van der Waals surface area contributed by atoms with Gasteiger partial charge in [0.1, 0.15) is 28.3 Å². The second-order valence-corrected chi connectivity index (χ2v) is 11.1. The molecule has 1 amide bonds. The van der Waals surface area contributed by atoms with Gasteiger partial charge in [-0.2, -0.15) is 5.26 Å². The van der Waals surface area contributed by atoms with E-state index in [-0.39, 0.29) is 12.3 Å². The number of anilines is 1. The number of nitriles is 1. The first-order chi connectivity index (χ1) is 21.0. The average Bonchev–Trinajstić information content (AvgIpc) is 3.52. The van der Waals surface area contributed by atoms with Crippen LogP contribution in [0.25, 0.3) is 33.6 Å². The number of nitrogens with zero attached hydrogens (tertiary/aromatic N) is 3. The Balaban J connectivity index is 1.36. The molecule has 216 valence electrons. The predicted molar refractivity (Wildman–Crippen MR) is 171 cm³/mol. The van der Waals surface area contributed by atoms with Crippen LogP contribution in [0.5, 0.6) is 17.2 Å². The molecule has 0 aliphatic carbocycles. The summed E-state index contributed by atoms with van der Waals surface area (Å²) in [5, 5.41) is 16.1. The van der Waals surface area contributed by atoms with Crippen LogP contribution in [-0.4, -0.2) is 43.0 Å². The molecule has 43 heavy (non-hydrogen) atoms. The van der Waals surface area contributed by atoms with Crippen molar-refractivity contribution in [2.75, 3.05) is 32.4 Å². The largest absolute Gasteiger partial charge is 0.497 e. The van der Waals surface area contributed by atoms with Crippen molar-refractivity contribution in [3.8, 4) is 57.0 Å². The Kier molecular flexibility index (Phi) is 9.56. The lowest BCUT2D eigenvalue weighted by molar-refractivity contribution is -0.115. The van der Waals surface area contributed by atoms with E-state index in [1.807, 2.05) is 84.2 Å². The van der Waals surface area contributed by atoms with Crippen LogP contribution in [0.2, 0.25) is 0 Å². The summed E-state index contributed by atoms with van der Waals surface area (Å²) in [5.74, 6) is 2.26. The van der Waals surface area contributed by atoms with Gasteiger partial charge in [0.15, 0.2) is 5.13 Å². The molecule has 1 N–H and O–H groups in total. The number of thiazole rings is 1. The highest BCUT2D eigenvalue weighted by Gasteiger charge is 2.20. The quantitative estimate of drug-likeness (QED) is 0.153. The third kappa shape index (κ3) is 6.97. The first-order valence-corrected chi connectivity index (χ1v) is 15.1. The monoisotopic (exact) mass is 608 g/mol. The van der Waals surface area contributed by atoms with Gasteiger partial charge in [0, 0.05) is 39.8 Å². The molecule has 8 nitrogen and oxygen atoms in total. The lowest BCUT2D eigenvalue weighted by Gasteiger charge is -2.15. The lowest BCUT2D eigenvalue weighted by Crippen LogP contribution is -2.12. The minimum absolute atomic E-state index is 0.171. The van der Waals surface area contributed by atoms with Crippen molar-refractivity contribution < 1.29 is 19.0 Å². The summed E-state index contributed by atoms with van der Waals surface area (Å²) in [5.41, 5.74) is 5.12. The fraction of sp³-hybridized carbons (Fsp3) is 0.152. The number of methoxy groups -OCH3 is 3. The van der Waals surface area contributed by atoms with E-state index in [1.165, 1.54) is 23.1 Å². The summed E-state index contributed by atoms with van der Waals surface area (Å²) in [7, 11) is 4.81. The number of aromatic nitrogens is 2. The maximum Gasteiger partial charge on any atom is 0.226 e. The van der Waals surface area contributed by atoms with Gasteiger partial charge in [0.05, 0.1) is 38.3 Å². The number of hydrogen-bond donors (Lipinski definition) is 1. The zero-order valence-corrected chi connectivity index (χ0v) is 25.4. The number of pyridine rings is 1. The molecule has 0 atom stereocenters. The molecule has 2 heterocycles. The topological polar surface area (TPSA) is 106 Å². The zero-order chi connectivity index (χ0) is 30.2. The second kappa shape index (κ2) is 13.9. The van der Waals surface area contributed by atoms with E-state index in [1.54, 1.807) is 21.3 Å². The molecule has 0 aliphatic rings. The maximum atomic E-state index is 12.8. The van der Waals surface area contributed by atoms with E-state index in [0.29, 0.717) is 49.8 Å².